The second-order valence-corrected chi connectivity index (χ2v) is 0.901. The molecule has 0 heterocycles. The molecule has 0 unspecified atom stereocenters. The van der Waals surface area contributed by atoms with Gasteiger partial charge in [-0.15, -0.1) is 0 Å². The summed E-state index contributed by atoms with van der Waals surface area (Å²) >= 11 is 0. The van der Waals surface area contributed by atoms with Crippen LogP contribution in [0.3, 0.4) is 0 Å². The molecule has 0 aromatic carbocycles. The van der Waals surface area contributed by atoms with Crippen LogP contribution in [0, 0.1) is 0 Å². The standard InChI is InChI=1S/Li.H2NO3S/c;1-4-5(2)3/h;1H2/q+1;-1. The van der Waals surface area contributed by atoms with Crippen molar-refractivity contribution in [1.29, 1.82) is 0 Å². The fourth-order valence-electron chi connectivity index (χ4n) is 0. The first-order chi connectivity index (χ1) is 2.27. The van der Waals surface area contributed by atoms with Gasteiger partial charge in [0.1, 0.15) is 0 Å². The van der Waals surface area contributed by atoms with Gasteiger partial charge in [0.2, 0.25) is 0 Å². The Labute approximate surface area is 48.9 Å². The van der Waals surface area contributed by atoms with Crippen LogP contribution in [0.2, 0.25) is 0 Å². The Morgan fingerprint density at radius 2 is 1.67 bits per heavy atom. The first-order valence-electron chi connectivity index (χ1n) is 0.736. The van der Waals surface area contributed by atoms with E-state index in [2.05, 4.69) is 10.2 Å². The van der Waals surface area contributed by atoms with Gasteiger partial charge in [-0.3, -0.25) is 0 Å². The summed E-state index contributed by atoms with van der Waals surface area (Å²) in [6.07, 6.45) is 0. The third kappa shape index (κ3) is 8.82. The first-order valence-corrected chi connectivity index (χ1v) is 1.74. The van der Waals surface area contributed by atoms with E-state index in [0.29, 0.717) is 0 Å². The van der Waals surface area contributed by atoms with Crippen LogP contribution in [0.15, 0.2) is 0 Å². The molecular weight excluding hydrogens is 101 g/mol. The van der Waals surface area contributed by atoms with Gasteiger partial charge in [0.15, 0.2) is 0 Å². The predicted molar refractivity (Wildman–Crippen MR) is 14.0 cm³/mol. The zero-order valence-electron chi connectivity index (χ0n) is 3.21. The van der Waals surface area contributed by atoms with Crippen LogP contribution in [-0.4, -0.2) is 0 Å². The Morgan fingerprint density at radius 1 is 1.50 bits per heavy atom. The summed E-state index contributed by atoms with van der Waals surface area (Å²) < 4.78 is 21.2. The van der Waals surface area contributed by atoms with Crippen molar-refractivity contribution in [1.82, 2.24) is 0 Å². The molecule has 0 spiro atoms. The summed E-state index contributed by atoms with van der Waals surface area (Å²) in [7, 11) is -2.54. The van der Waals surface area contributed by atoms with Crippen molar-refractivity contribution in [2.45, 2.75) is 0 Å². The van der Waals surface area contributed by atoms with Crippen molar-refractivity contribution in [3.63, 3.8) is 0 Å². The van der Waals surface area contributed by atoms with Crippen LogP contribution in [-0.2, 0) is 23.7 Å². The minimum atomic E-state index is -2.54. The van der Waals surface area contributed by atoms with E-state index in [1.165, 1.54) is 0 Å². The Kier molecular flexibility index (Phi) is 8.83. The molecule has 0 aliphatic heterocycles. The molecule has 6 heteroatoms. The Bertz CT molecular complexity index is 68.9. The van der Waals surface area contributed by atoms with Crippen LogP contribution in [0.4, 0.5) is 0 Å². The van der Waals surface area contributed by atoms with Crippen molar-refractivity contribution < 1.29 is 31.6 Å². The summed E-state index contributed by atoms with van der Waals surface area (Å²) in [6.45, 7) is 0. The van der Waals surface area contributed by atoms with Gasteiger partial charge in [-0.1, -0.05) is 0 Å². The number of hydrogen-bond acceptors (Lipinski definition) is 5. The van der Waals surface area contributed by atoms with E-state index in [0.717, 1.165) is 0 Å². The Morgan fingerprint density at radius 3 is 1.67 bits per heavy atom. The fourth-order valence-corrected chi connectivity index (χ4v) is 0. The zero-order valence-corrected chi connectivity index (χ0v) is 4.03. The molecule has 0 aromatic rings. The molecule has 32 valence electrons. The van der Waals surface area contributed by atoms with Crippen molar-refractivity contribution in [3.8, 4) is 0 Å². The SMILES string of the molecule is NO[S-](=O)=O.[Li+]. The zero-order chi connectivity index (χ0) is 4.28. The molecule has 0 rings (SSSR count). The van der Waals surface area contributed by atoms with Crippen molar-refractivity contribution in [3.05, 3.63) is 0 Å². The van der Waals surface area contributed by atoms with Gasteiger partial charge >= 0.3 is 18.9 Å². The minimum Gasteiger partial charge on any atom is -0.395 e. The molecule has 2 N–H and O–H groups in total. The van der Waals surface area contributed by atoms with E-state index >= 15 is 0 Å². The predicted octanol–water partition coefficient (Wildman–Crippen LogP) is -3.89. The molecule has 0 fully saturated rings. The van der Waals surface area contributed by atoms with Gasteiger partial charge in [0.05, 0.1) is 11.0 Å². The van der Waals surface area contributed by atoms with Gasteiger partial charge in [-0.2, -0.15) is 0 Å². The maximum absolute atomic E-state index is 9.02. The van der Waals surface area contributed by atoms with Crippen LogP contribution in [0.5, 0.6) is 0 Å². The summed E-state index contributed by atoms with van der Waals surface area (Å²) in [5, 5.41) is 0. The first kappa shape index (κ1) is 9.69. The summed E-state index contributed by atoms with van der Waals surface area (Å²) in [4.78, 5) is 0. The maximum Gasteiger partial charge on any atom is 1.00 e. The number of nitrogens with two attached hydrogens (primary N) is 1. The van der Waals surface area contributed by atoms with Gasteiger partial charge in [-0.05, 0) is 0 Å². The monoisotopic (exact) mass is 103 g/mol. The fraction of sp³-hybridized carbons (Fsp3) is 0. The molecule has 0 saturated heterocycles. The van der Waals surface area contributed by atoms with Gasteiger partial charge in [0, 0.05) is 0 Å². The van der Waals surface area contributed by atoms with Crippen LogP contribution >= 0.6 is 0 Å². The molecule has 0 radical (unpaired) electrons. The smallest absolute Gasteiger partial charge is 0.395 e. The maximum atomic E-state index is 9.02. The van der Waals surface area contributed by atoms with Crippen LogP contribution in [0.1, 0.15) is 0 Å². The molecule has 4 nitrogen and oxygen atoms in total. The molecule has 0 aromatic heterocycles. The number of hydrogen-bond donors (Lipinski definition) is 1. The Balaban J connectivity index is 0. The van der Waals surface area contributed by atoms with E-state index < -0.39 is 11.0 Å². The molecule has 0 bridgehead atoms. The molecule has 0 aliphatic rings. The van der Waals surface area contributed by atoms with E-state index in [9.17, 15) is 0 Å². The summed E-state index contributed by atoms with van der Waals surface area (Å²) in [5.74, 6) is 4.06. The van der Waals surface area contributed by atoms with Gasteiger partial charge in [-0.25, -0.2) is 5.90 Å². The van der Waals surface area contributed by atoms with Crippen LogP contribution in [0.25, 0.3) is 0 Å². The normalized spacial score (nSPS) is 7.67. The van der Waals surface area contributed by atoms with E-state index in [-0.39, 0.29) is 18.9 Å². The van der Waals surface area contributed by atoms with Crippen molar-refractivity contribution >= 4 is 11.0 Å². The van der Waals surface area contributed by atoms with Crippen molar-refractivity contribution in [2.75, 3.05) is 0 Å². The molecule has 6 heavy (non-hydrogen) atoms. The minimum absolute atomic E-state index is 0. The molecule has 0 saturated carbocycles. The second-order valence-electron chi connectivity index (χ2n) is 0.300. The van der Waals surface area contributed by atoms with Crippen LogP contribution < -0.4 is 24.8 Å². The molecule has 0 aliphatic carbocycles. The molecule has 0 amide bonds. The molecular formula is H2LiNO3S. The Hall–Kier alpha value is 0.467. The largest absolute Gasteiger partial charge is 1.00 e. The third-order valence-corrected chi connectivity index (χ3v) is 0.236. The summed E-state index contributed by atoms with van der Waals surface area (Å²) in [5.41, 5.74) is 0. The van der Waals surface area contributed by atoms with Gasteiger partial charge < -0.3 is 12.7 Å². The second kappa shape index (κ2) is 5.47. The average molecular weight is 103 g/mol. The van der Waals surface area contributed by atoms with E-state index in [1.54, 1.807) is 0 Å². The topological polar surface area (TPSA) is 69.4 Å². The quantitative estimate of drug-likeness (QED) is 0.209. The summed E-state index contributed by atoms with van der Waals surface area (Å²) in [6, 6.07) is 0. The number of rotatable bonds is 1. The molecule has 0 atom stereocenters. The third-order valence-electron chi connectivity index (χ3n) is 0.0786. The van der Waals surface area contributed by atoms with Gasteiger partial charge in [0.25, 0.3) is 0 Å². The van der Waals surface area contributed by atoms with Crippen molar-refractivity contribution in [2.24, 2.45) is 5.90 Å². The van der Waals surface area contributed by atoms with E-state index in [1.807, 2.05) is 0 Å². The van der Waals surface area contributed by atoms with E-state index in [4.69, 9.17) is 8.42 Å². The average Bonchev–Trinajstić information content (AvgIpc) is 1.38.